The fourth-order valence-corrected chi connectivity index (χ4v) is 3.92. The van der Waals surface area contributed by atoms with E-state index in [1.54, 1.807) is 30.2 Å². The zero-order chi connectivity index (χ0) is 21.6. The first-order valence-corrected chi connectivity index (χ1v) is 10.7. The van der Waals surface area contributed by atoms with E-state index in [1.807, 2.05) is 18.2 Å². The first kappa shape index (κ1) is 21.3. The molecule has 2 aliphatic rings. The van der Waals surface area contributed by atoms with Gasteiger partial charge >= 0.3 is 0 Å². The number of benzene rings is 1. The summed E-state index contributed by atoms with van der Waals surface area (Å²) in [7, 11) is 0. The second-order valence-corrected chi connectivity index (χ2v) is 7.75. The number of anilines is 1. The van der Waals surface area contributed by atoms with Gasteiger partial charge in [-0.2, -0.15) is 0 Å². The third kappa shape index (κ3) is 5.39. The summed E-state index contributed by atoms with van der Waals surface area (Å²) >= 11 is 0. The monoisotopic (exact) mass is 424 g/mol. The first-order chi connectivity index (χ1) is 15.1. The van der Waals surface area contributed by atoms with Crippen molar-refractivity contribution in [3.63, 3.8) is 0 Å². The number of pyridine rings is 1. The van der Waals surface area contributed by atoms with Gasteiger partial charge in [-0.3, -0.25) is 19.5 Å². The molecule has 3 heterocycles. The lowest BCUT2D eigenvalue weighted by Crippen LogP contribution is -2.38. The molecule has 4 rings (SSSR count). The first-order valence-electron chi connectivity index (χ1n) is 10.7. The predicted octanol–water partition coefficient (Wildman–Crippen LogP) is 2.24. The van der Waals surface area contributed by atoms with Crippen LogP contribution in [0.15, 0.2) is 36.5 Å². The van der Waals surface area contributed by atoms with Gasteiger partial charge in [0.2, 0.25) is 5.91 Å². The maximum atomic E-state index is 12.5. The van der Waals surface area contributed by atoms with Crippen LogP contribution in [0.3, 0.4) is 0 Å². The number of hydrogen-bond acceptors (Lipinski definition) is 6. The van der Waals surface area contributed by atoms with Crippen molar-refractivity contribution in [2.75, 3.05) is 50.8 Å². The molecule has 8 nitrogen and oxygen atoms in total. The molecule has 0 bridgehead atoms. The van der Waals surface area contributed by atoms with E-state index in [-0.39, 0.29) is 11.8 Å². The van der Waals surface area contributed by atoms with Gasteiger partial charge in [0, 0.05) is 51.1 Å². The van der Waals surface area contributed by atoms with Crippen molar-refractivity contribution >= 4 is 17.5 Å². The molecule has 1 N–H and O–H groups in total. The molecule has 0 saturated carbocycles. The largest absolute Gasteiger partial charge is 0.457 e. The molecule has 8 heteroatoms. The van der Waals surface area contributed by atoms with Crippen LogP contribution in [0.5, 0.6) is 11.5 Å². The number of nitrogens with zero attached hydrogens (tertiary/aromatic N) is 3. The van der Waals surface area contributed by atoms with Gasteiger partial charge in [0.25, 0.3) is 5.91 Å². The highest BCUT2D eigenvalue weighted by atomic mass is 16.5. The van der Waals surface area contributed by atoms with E-state index < -0.39 is 0 Å². The smallest absolute Gasteiger partial charge is 0.270 e. The maximum absolute atomic E-state index is 12.5. The predicted molar refractivity (Wildman–Crippen MR) is 117 cm³/mol. The Balaban J connectivity index is 1.31. The van der Waals surface area contributed by atoms with Gasteiger partial charge in [0.1, 0.15) is 17.2 Å². The van der Waals surface area contributed by atoms with E-state index in [9.17, 15) is 9.59 Å². The third-order valence-electron chi connectivity index (χ3n) is 5.57. The number of rotatable bonds is 7. The standard InChI is InChI=1S/C23H28N4O4/c1-17(28)27-10-6-18-15-19(3-4-22(18)27)31-20-5-8-24-21(16-20)23(29)25-7-2-9-26-11-13-30-14-12-26/h3-5,8,15-16H,2,6-7,9-14H2,1H3,(H,25,29). The molecule has 1 aromatic heterocycles. The molecule has 0 aliphatic carbocycles. The molecule has 0 atom stereocenters. The summed E-state index contributed by atoms with van der Waals surface area (Å²) < 4.78 is 11.3. The van der Waals surface area contributed by atoms with E-state index in [1.165, 1.54) is 0 Å². The number of fused-ring (bicyclic) bond motifs is 1. The van der Waals surface area contributed by atoms with Crippen molar-refractivity contribution in [1.29, 1.82) is 0 Å². The normalized spacial score (nSPS) is 16.1. The van der Waals surface area contributed by atoms with Gasteiger partial charge in [-0.25, -0.2) is 0 Å². The minimum absolute atomic E-state index is 0.0437. The quantitative estimate of drug-likeness (QED) is 0.687. The Hall–Kier alpha value is -2.97. The Morgan fingerprint density at radius 2 is 1.94 bits per heavy atom. The molecule has 0 unspecified atom stereocenters. The molecular formula is C23H28N4O4. The van der Waals surface area contributed by atoms with E-state index in [4.69, 9.17) is 9.47 Å². The molecule has 0 spiro atoms. The topological polar surface area (TPSA) is 84.0 Å². The van der Waals surface area contributed by atoms with Crippen LogP contribution >= 0.6 is 0 Å². The summed E-state index contributed by atoms with van der Waals surface area (Å²) in [6.45, 7) is 7.27. The SMILES string of the molecule is CC(=O)N1CCc2cc(Oc3ccnc(C(=O)NCCCN4CCOCC4)c3)ccc21. The van der Waals surface area contributed by atoms with Crippen molar-refractivity contribution in [2.24, 2.45) is 0 Å². The third-order valence-corrected chi connectivity index (χ3v) is 5.57. The average Bonchev–Trinajstić information content (AvgIpc) is 3.21. The Bertz CT molecular complexity index is 943. The van der Waals surface area contributed by atoms with Crippen LogP contribution in [-0.2, 0) is 16.0 Å². The zero-order valence-electron chi connectivity index (χ0n) is 17.8. The van der Waals surface area contributed by atoms with E-state index in [0.29, 0.717) is 30.3 Å². The molecule has 1 aromatic carbocycles. The number of amides is 2. The van der Waals surface area contributed by atoms with Crippen LogP contribution in [0, 0.1) is 0 Å². The van der Waals surface area contributed by atoms with Crippen LogP contribution in [0.25, 0.3) is 0 Å². The number of nitrogens with one attached hydrogen (secondary N) is 1. The number of ether oxygens (including phenoxy) is 2. The highest BCUT2D eigenvalue weighted by Crippen LogP contribution is 2.33. The van der Waals surface area contributed by atoms with Gasteiger partial charge < -0.3 is 19.7 Å². The lowest BCUT2D eigenvalue weighted by molar-refractivity contribution is -0.116. The van der Waals surface area contributed by atoms with Crippen molar-refractivity contribution in [1.82, 2.24) is 15.2 Å². The highest BCUT2D eigenvalue weighted by Gasteiger charge is 2.22. The van der Waals surface area contributed by atoms with E-state index in [2.05, 4.69) is 15.2 Å². The van der Waals surface area contributed by atoms with Crippen LogP contribution in [0.4, 0.5) is 5.69 Å². The Kier molecular flexibility index (Phi) is 6.79. The Morgan fingerprint density at radius 3 is 2.74 bits per heavy atom. The highest BCUT2D eigenvalue weighted by molar-refractivity contribution is 5.94. The summed E-state index contributed by atoms with van der Waals surface area (Å²) in [5, 5.41) is 2.93. The molecule has 1 saturated heterocycles. The van der Waals surface area contributed by atoms with Crippen molar-refractivity contribution in [2.45, 2.75) is 19.8 Å². The van der Waals surface area contributed by atoms with Gasteiger partial charge in [-0.05, 0) is 49.2 Å². The number of carbonyl (C=O) groups is 2. The minimum atomic E-state index is -0.210. The Labute approximate surface area is 182 Å². The molecule has 1 fully saturated rings. The van der Waals surface area contributed by atoms with E-state index in [0.717, 1.165) is 56.9 Å². The summed E-state index contributed by atoms with van der Waals surface area (Å²) in [5.41, 5.74) is 2.35. The maximum Gasteiger partial charge on any atom is 0.270 e. The molecule has 2 amide bonds. The number of morpholine rings is 1. The lowest BCUT2D eigenvalue weighted by Gasteiger charge is -2.26. The van der Waals surface area contributed by atoms with Crippen molar-refractivity contribution in [3.8, 4) is 11.5 Å². The van der Waals surface area contributed by atoms with E-state index >= 15 is 0 Å². The number of carbonyl (C=O) groups excluding carboxylic acids is 2. The molecule has 164 valence electrons. The molecular weight excluding hydrogens is 396 g/mol. The lowest BCUT2D eigenvalue weighted by atomic mass is 10.1. The van der Waals surface area contributed by atoms with Crippen molar-refractivity contribution in [3.05, 3.63) is 47.8 Å². The summed E-state index contributed by atoms with van der Waals surface area (Å²) in [6, 6.07) is 9.06. The number of hydrogen-bond donors (Lipinski definition) is 1. The summed E-state index contributed by atoms with van der Waals surface area (Å²) in [5.74, 6) is 1.06. The van der Waals surface area contributed by atoms with Gasteiger partial charge in [-0.15, -0.1) is 0 Å². The van der Waals surface area contributed by atoms with Crippen LogP contribution in [-0.4, -0.2) is 67.6 Å². The van der Waals surface area contributed by atoms with Gasteiger partial charge in [0.15, 0.2) is 0 Å². The Morgan fingerprint density at radius 1 is 1.13 bits per heavy atom. The van der Waals surface area contributed by atoms with Gasteiger partial charge in [0.05, 0.1) is 13.2 Å². The van der Waals surface area contributed by atoms with Crippen LogP contribution < -0.4 is 15.0 Å². The minimum Gasteiger partial charge on any atom is -0.457 e. The fourth-order valence-electron chi connectivity index (χ4n) is 3.92. The van der Waals surface area contributed by atoms with Crippen molar-refractivity contribution < 1.29 is 19.1 Å². The van der Waals surface area contributed by atoms with Crippen LogP contribution in [0.2, 0.25) is 0 Å². The molecule has 2 aromatic rings. The van der Waals surface area contributed by atoms with Crippen LogP contribution in [0.1, 0.15) is 29.4 Å². The number of aromatic nitrogens is 1. The van der Waals surface area contributed by atoms with Gasteiger partial charge in [-0.1, -0.05) is 0 Å². The molecule has 31 heavy (non-hydrogen) atoms. The zero-order valence-corrected chi connectivity index (χ0v) is 17.8. The molecule has 0 radical (unpaired) electrons. The second kappa shape index (κ2) is 9.89. The summed E-state index contributed by atoms with van der Waals surface area (Å²) in [4.78, 5) is 32.4. The molecule has 2 aliphatic heterocycles. The summed E-state index contributed by atoms with van der Waals surface area (Å²) in [6.07, 6.45) is 3.26. The second-order valence-electron chi connectivity index (χ2n) is 7.75. The fraction of sp³-hybridized carbons (Fsp3) is 0.435. The average molecular weight is 425 g/mol.